The van der Waals surface area contributed by atoms with Crippen LogP contribution < -0.4 is 4.74 Å². The number of furan rings is 1. The van der Waals surface area contributed by atoms with Crippen LogP contribution in [-0.4, -0.2) is 36.9 Å². The highest BCUT2D eigenvalue weighted by Crippen LogP contribution is 2.30. The molecule has 1 aliphatic heterocycles. The number of carbonyl (C=O) groups excluding carboxylic acids is 1. The molecule has 2 aromatic carbocycles. The predicted molar refractivity (Wildman–Crippen MR) is 131 cm³/mol. The van der Waals surface area contributed by atoms with Gasteiger partial charge in [-0.2, -0.15) is 0 Å². The molecule has 1 aromatic heterocycles. The van der Waals surface area contributed by atoms with Gasteiger partial charge in [-0.1, -0.05) is 50.6 Å². The van der Waals surface area contributed by atoms with Crippen LogP contribution in [0.4, 0.5) is 0 Å². The molecular weight excluding hydrogens is 398 g/mol. The first-order valence-corrected chi connectivity index (χ1v) is 11.7. The monoisotopic (exact) mass is 431 g/mol. The fourth-order valence-corrected chi connectivity index (χ4v) is 4.32. The number of benzene rings is 2. The van der Waals surface area contributed by atoms with Crippen molar-refractivity contribution in [2.75, 3.05) is 26.2 Å². The Morgan fingerprint density at radius 1 is 1.09 bits per heavy atom. The van der Waals surface area contributed by atoms with E-state index in [1.807, 2.05) is 43.3 Å². The Bertz CT molecular complexity index is 1090. The summed E-state index contributed by atoms with van der Waals surface area (Å²) in [5.41, 5.74) is 3.62. The fraction of sp³-hybridized carbons (Fsp3) is 0.393. The second-order valence-corrected chi connectivity index (χ2v) is 8.96. The lowest BCUT2D eigenvalue weighted by atomic mass is 10.0. The summed E-state index contributed by atoms with van der Waals surface area (Å²) in [6.07, 6.45) is 7.39. The average Bonchev–Trinajstić information content (AvgIpc) is 3.13. The van der Waals surface area contributed by atoms with E-state index in [-0.39, 0.29) is 5.78 Å². The lowest BCUT2D eigenvalue weighted by Gasteiger charge is -2.26. The zero-order valence-electron chi connectivity index (χ0n) is 19.4. The molecule has 4 nitrogen and oxygen atoms in total. The fourth-order valence-electron chi connectivity index (χ4n) is 4.32. The number of piperidine rings is 1. The van der Waals surface area contributed by atoms with Crippen molar-refractivity contribution in [3.63, 3.8) is 0 Å². The number of ketones is 1. The minimum atomic E-state index is -0.0559. The van der Waals surface area contributed by atoms with E-state index in [1.165, 1.54) is 24.8 Å². The van der Waals surface area contributed by atoms with Gasteiger partial charge >= 0.3 is 0 Å². The molecule has 0 N–H and O–H groups in total. The third kappa shape index (κ3) is 5.31. The van der Waals surface area contributed by atoms with Crippen LogP contribution in [0.2, 0.25) is 0 Å². The topological polar surface area (TPSA) is 42.7 Å². The summed E-state index contributed by atoms with van der Waals surface area (Å²) < 4.78 is 11.9. The minimum absolute atomic E-state index is 0.0559. The van der Waals surface area contributed by atoms with E-state index >= 15 is 0 Å². The van der Waals surface area contributed by atoms with E-state index < -0.39 is 0 Å². The number of nitrogens with zero attached hydrogens (tertiary/aromatic N) is 1. The molecule has 0 aliphatic carbocycles. The smallest absolute Gasteiger partial charge is 0.189 e. The predicted octanol–water partition coefficient (Wildman–Crippen LogP) is 6.63. The van der Waals surface area contributed by atoms with Gasteiger partial charge in [0.1, 0.15) is 23.7 Å². The number of hydrogen-bond acceptors (Lipinski definition) is 4. The molecule has 0 unspecified atom stereocenters. The summed E-state index contributed by atoms with van der Waals surface area (Å²) in [5, 5.41) is 0.808. The molecule has 0 atom stereocenters. The largest absolute Gasteiger partial charge is 0.492 e. The Balaban J connectivity index is 1.46. The number of rotatable bonds is 8. The van der Waals surface area contributed by atoms with Crippen molar-refractivity contribution < 1.29 is 13.9 Å². The highest BCUT2D eigenvalue weighted by atomic mass is 16.5. The van der Waals surface area contributed by atoms with E-state index in [2.05, 4.69) is 30.9 Å². The van der Waals surface area contributed by atoms with Crippen molar-refractivity contribution >= 4 is 22.8 Å². The zero-order valence-corrected chi connectivity index (χ0v) is 19.4. The molecule has 3 aromatic rings. The van der Waals surface area contributed by atoms with Crippen LogP contribution >= 0.6 is 0 Å². The first-order valence-electron chi connectivity index (χ1n) is 11.7. The molecule has 0 radical (unpaired) electrons. The maximum Gasteiger partial charge on any atom is 0.189 e. The van der Waals surface area contributed by atoms with Gasteiger partial charge in [0.05, 0.1) is 5.56 Å². The zero-order chi connectivity index (χ0) is 22.5. The molecule has 1 aliphatic rings. The summed E-state index contributed by atoms with van der Waals surface area (Å²) in [7, 11) is 0. The molecule has 0 saturated carbocycles. The van der Waals surface area contributed by atoms with Gasteiger partial charge in [0.25, 0.3) is 0 Å². The van der Waals surface area contributed by atoms with Gasteiger partial charge in [-0.25, -0.2) is 0 Å². The first kappa shape index (κ1) is 22.3. The maximum absolute atomic E-state index is 13.0. The number of carbonyl (C=O) groups is 1. The van der Waals surface area contributed by atoms with Crippen LogP contribution in [0.15, 0.2) is 53.0 Å². The first-order chi connectivity index (χ1) is 15.5. The number of likely N-dealkylation sites (tertiary alicyclic amines) is 1. The summed E-state index contributed by atoms with van der Waals surface area (Å²) in [4.78, 5) is 15.5. The van der Waals surface area contributed by atoms with Crippen LogP contribution in [0.5, 0.6) is 5.75 Å². The van der Waals surface area contributed by atoms with Gasteiger partial charge in [-0.05, 0) is 74.2 Å². The molecule has 2 heterocycles. The van der Waals surface area contributed by atoms with Crippen LogP contribution in [0.25, 0.3) is 17.0 Å². The Morgan fingerprint density at radius 3 is 2.56 bits per heavy atom. The highest BCUT2D eigenvalue weighted by molar-refractivity contribution is 6.15. The van der Waals surface area contributed by atoms with E-state index in [1.54, 1.807) is 6.08 Å². The maximum atomic E-state index is 13.0. The average molecular weight is 432 g/mol. The van der Waals surface area contributed by atoms with Crippen molar-refractivity contribution in [3.05, 3.63) is 71.0 Å². The van der Waals surface area contributed by atoms with Crippen LogP contribution in [0.3, 0.4) is 0 Å². The molecule has 0 amide bonds. The SMILES string of the molecule is Cc1oc2ccc(OCCN3CCCCC3)cc2c1C(=O)/C=C/c1ccc(C(C)C)cc1. The van der Waals surface area contributed by atoms with Crippen LogP contribution in [0, 0.1) is 6.92 Å². The number of allylic oxidation sites excluding steroid dienone is 1. The highest BCUT2D eigenvalue weighted by Gasteiger charge is 2.17. The van der Waals surface area contributed by atoms with Gasteiger partial charge in [0.15, 0.2) is 5.78 Å². The molecule has 1 saturated heterocycles. The van der Waals surface area contributed by atoms with Crippen molar-refractivity contribution in [1.29, 1.82) is 0 Å². The molecule has 4 heteroatoms. The lowest BCUT2D eigenvalue weighted by molar-refractivity contribution is 0.104. The van der Waals surface area contributed by atoms with E-state index in [4.69, 9.17) is 9.15 Å². The molecular formula is C28H33NO3. The van der Waals surface area contributed by atoms with E-state index in [0.29, 0.717) is 29.4 Å². The molecule has 4 rings (SSSR count). The van der Waals surface area contributed by atoms with Crippen LogP contribution in [0.1, 0.15) is 66.3 Å². The Morgan fingerprint density at radius 2 is 1.84 bits per heavy atom. The number of aryl methyl sites for hydroxylation is 1. The van der Waals surface area contributed by atoms with Crippen molar-refractivity contribution in [3.8, 4) is 5.75 Å². The third-order valence-electron chi connectivity index (χ3n) is 6.24. The third-order valence-corrected chi connectivity index (χ3v) is 6.24. The Kier molecular flexibility index (Phi) is 7.11. The van der Waals surface area contributed by atoms with Gasteiger partial charge in [0, 0.05) is 11.9 Å². The van der Waals surface area contributed by atoms with Crippen LogP contribution in [-0.2, 0) is 0 Å². The van der Waals surface area contributed by atoms with E-state index in [9.17, 15) is 4.79 Å². The van der Waals surface area contributed by atoms with E-state index in [0.717, 1.165) is 36.3 Å². The minimum Gasteiger partial charge on any atom is -0.492 e. The number of fused-ring (bicyclic) bond motifs is 1. The summed E-state index contributed by atoms with van der Waals surface area (Å²) >= 11 is 0. The molecule has 168 valence electrons. The number of ether oxygens (including phenoxy) is 1. The summed E-state index contributed by atoms with van der Waals surface area (Å²) in [5.74, 6) is 1.85. The quantitative estimate of drug-likeness (QED) is 0.297. The second-order valence-electron chi connectivity index (χ2n) is 8.96. The molecule has 0 spiro atoms. The number of hydrogen-bond donors (Lipinski definition) is 0. The molecule has 32 heavy (non-hydrogen) atoms. The van der Waals surface area contributed by atoms with Gasteiger partial charge in [-0.3, -0.25) is 9.69 Å². The lowest BCUT2D eigenvalue weighted by Crippen LogP contribution is -2.33. The summed E-state index contributed by atoms with van der Waals surface area (Å²) in [6.45, 7) is 10.1. The Labute approximate surface area is 190 Å². The Hall–Kier alpha value is -2.85. The van der Waals surface area contributed by atoms with Gasteiger partial charge in [-0.15, -0.1) is 0 Å². The standard InChI is InChI=1S/C28H33NO3/c1-20(2)23-10-7-22(8-11-23)9-13-26(30)28-21(3)32-27-14-12-24(19-25(27)28)31-18-17-29-15-5-4-6-16-29/h7-14,19-20H,4-6,15-18H2,1-3H3/b13-9+. The van der Waals surface area contributed by atoms with Crippen molar-refractivity contribution in [2.45, 2.75) is 46.0 Å². The van der Waals surface area contributed by atoms with Gasteiger partial charge in [0.2, 0.25) is 0 Å². The second kappa shape index (κ2) is 10.2. The summed E-state index contributed by atoms with van der Waals surface area (Å²) in [6, 6.07) is 14.1. The molecule has 1 fully saturated rings. The molecule has 0 bridgehead atoms. The van der Waals surface area contributed by atoms with Crippen molar-refractivity contribution in [2.24, 2.45) is 0 Å². The van der Waals surface area contributed by atoms with Gasteiger partial charge < -0.3 is 9.15 Å². The van der Waals surface area contributed by atoms with Crippen molar-refractivity contribution in [1.82, 2.24) is 4.90 Å². The normalized spacial score (nSPS) is 15.1.